The van der Waals surface area contributed by atoms with Crippen LogP contribution >= 0.6 is 0 Å². The maximum Gasteiger partial charge on any atom is 0.343 e. The van der Waals surface area contributed by atoms with Gasteiger partial charge in [0.1, 0.15) is 11.5 Å². The zero-order chi connectivity index (χ0) is 22.7. The Balaban J connectivity index is 2.10. The molecule has 0 bridgehead atoms. The van der Waals surface area contributed by atoms with E-state index in [4.69, 9.17) is 14.2 Å². The van der Waals surface area contributed by atoms with Crippen molar-refractivity contribution >= 4 is 35.4 Å². The van der Waals surface area contributed by atoms with E-state index in [1.165, 1.54) is 12.2 Å². The van der Waals surface area contributed by atoms with Crippen LogP contribution in [-0.4, -0.2) is 22.8 Å². The molecule has 1 heterocycles. The highest BCUT2D eigenvalue weighted by molar-refractivity contribution is 6.05. The van der Waals surface area contributed by atoms with Crippen LogP contribution in [0.2, 0.25) is 0 Å². The van der Waals surface area contributed by atoms with Gasteiger partial charge in [-0.15, -0.1) is 0 Å². The van der Waals surface area contributed by atoms with Crippen molar-refractivity contribution in [3.05, 3.63) is 74.9 Å². The van der Waals surface area contributed by atoms with Gasteiger partial charge < -0.3 is 14.2 Å². The lowest BCUT2D eigenvalue weighted by Gasteiger charge is -2.09. The Bertz CT molecular complexity index is 1160. The summed E-state index contributed by atoms with van der Waals surface area (Å²) < 4.78 is 15.3. The zero-order valence-electron chi connectivity index (χ0n) is 16.8. The van der Waals surface area contributed by atoms with Crippen LogP contribution in [0.15, 0.2) is 48.0 Å². The number of nitrogens with zero attached hydrogens (tertiary/aromatic N) is 1. The molecule has 0 aromatic heterocycles. The highest BCUT2D eigenvalue weighted by atomic mass is 16.6. The molecule has 9 nitrogen and oxygen atoms in total. The molecule has 0 fully saturated rings. The molecular formula is C22H17NO8. The number of cyclic esters (lactones) is 1. The summed E-state index contributed by atoms with van der Waals surface area (Å²) in [5.74, 6) is -2.35. The second kappa shape index (κ2) is 8.62. The number of nitro groups is 1. The molecule has 0 saturated carbocycles. The van der Waals surface area contributed by atoms with E-state index < -0.39 is 28.5 Å². The summed E-state index contributed by atoms with van der Waals surface area (Å²) in [5, 5.41) is 11.4. The molecule has 0 atom stereocenters. The number of aryl methyl sites for hydroxylation is 1. The Hall–Kier alpha value is -4.27. The van der Waals surface area contributed by atoms with Crippen molar-refractivity contribution in [3.63, 3.8) is 0 Å². The van der Waals surface area contributed by atoms with Crippen LogP contribution in [0, 0.1) is 17.0 Å². The molecule has 0 aliphatic carbocycles. The minimum atomic E-state index is -0.784. The highest BCUT2D eigenvalue weighted by Gasteiger charge is 2.25. The van der Waals surface area contributed by atoms with Crippen LogP contribution in [-0.2, 0) is 19.1 Å². The van der Waals surface area contributed by atoms with Crippen molar-refractivity contribution in [2.45, 2.75) is 20.8 Å². The molecule has 9 heteroatoms. The second-order valence-corrected chi connectivity index (χ2v) is 6.67. The molecule has 3 rings (SSSR count). The van der Waals surface area contributed by atoms with E-state index in [0.717, 1.165) is 31.5 Å². The van der Waals surface area contributed by atoms with Crippen LogP contribution in [0.1, 0.15) is 30.5 Å². The molecule has 0 N–H and O–H groups in total. The number of benzene rings is 2. The smallest absolute Gasteiger partial charge is 0.343 e. The molecule has 1 aliphatic rings. The van der Waals surface area contributed by atoms with E-state index in [-0.39, 0.29) is 22.6 Å². The summed E-state index contributed by atoms with van der Waals surface area (Å²) >= 11 is 0. The quantitative estimate of drug-likeness (QED) is 0.234. The fraction of sp³-hybridized carbons (Fsp3) is 0.136. The standard InChI is InChI=1S/C22H17NO8/c1-12-4-6-15(7-5-12)19-10-17(22(26)31-19)8-16-9-18(23(27)28)21(30-14(3)25)11-20(16)29-13(2)24/h4-11H,1-3H3/b17-8+. The number of nitro benzene ring substituents is 1. The summed E-state index contributed by atoms with van der Waals surface area (Å²) in [6.45, 7) is 4.15. The maximum absolute atomic E-state index is 12.3. The predicted molar refractivity (Wildman–Crippen MR) is 109 cm³/mol. The summed E-state index contributed by atoms with van der Waals surface area (Å²) in [5.41, 5.74) is 1.34. The number of rotatable bonds is 5. The lowest BCUT2D eigenvalue weighted by Crippen LogP contribution is -2.08. The van der Waals surface area contributed by atoms with Gasteiger partial charge in [0.25, 0.3) is 0 Å². The molecule has 2 aromatic carbocycles. The molecule has 1 aliphatic heterocycles. The zero-order valence-corrected chi connectivity index (χ0v) is 16.8. The molecular weight excluding hydrogens is 406 g/mol. The van der Waals surface area contributed by atoms with Crippen LogP contribution < -0.4 is 9.47 Å². The number of carbonyl (C=O) groups excluding carboxylic acids is 3. The third-order valence-electron chi connectivity index (χ3n) is 4.17. The van der Waals surface area contributed by atoms with Gasteiger partial charge >= 0.3 is 23.6 Å². The average Bonchev–Trinajstić information content (AvgIpc) is 3.03. The molecule has 0 spiro atoms. The first kappa shape index (κ1) is 21.4. The van der Waals surface area contributed by atoms with Gasteiger partial charge in [0, 0.05) is 37.1 Å². The first-order chi connectivity index (χ1) is 14.6. The Morgan fingerprint density at radius 1 is 1.03 bits per heavy atom. The molecule has 0 amide bonds. The lowest BCUT2D eigenvalue weighted by atomic mass is 10.1. The summed E-state index contributed by atoms with van der Waals surface area (Å²) in [6, 6.07) is 9.41. The Labute approximate surface area is 176 Å². The highest BCUT2D eigenvalue weighted by Crippen LogP contribution is 2.37. The topological polar surface area (TPSA) is 122 Å². The van der Waals surface area contributed by atoms with Crippen molar-refractivity contribution < 1.29 is 33.5 Å². The van der Waals surface area contributed by atoms with Crippen LogP contribution in [0.4, 0.5) is 5.69 Å². The Morgan fingerprint density at radius 2 is 1.65 bits per heavy atom. The number of hydrogen-bond donors (Lipinski definition) is 0. The first-order valence-electron chi connectivity index (χ1n) is 9.06. The fourth-order valence-electron chi connectivity index (χ4n) is 2.82. The van der Waals surface area contributed by atoms with Crippen molar-refractivity contribution in [2.75, 3.05) is 0 Å². The van der Waals surface area contributed by atoms with Gasteiger partial charge in [0.05, 0.1) is 10.5 Å². The van der Waals surface area contributed by atoms with Crippen molar-refractivity contribution in [3.8, 4) is 11.5 Å². The molecule has 158 valence electrons. The van der Waals surface area contributed by atoms with E-state index in [9.17, 15) is 24.5 Å². The van der Waals surface area contributed by atoms with Crippen LogP contribution in [0.5, 0.6) is 11.5 Å². The van der Waals surface area contributed by atoms with Crippen molar-refractivity contribution in [2.24, 2.45) is 0 Å². The molecule has 31 heavy (non-hydrogen) atoms. The second-order valence-electron chi connectivity index (χ2n) is 6.67. The maximum atomic E-state index is 12.3. The summed E-state index contributed by atoms with van der Waals surface area (Å²) in [4.78, 5) is 45.8. The number of esters is 3. The van der Waals surface area contributed by atoms with Gasteiger partial charge in [0.2, 0.25) is 5.75 Å². The van der Waals surface area contributed by atoms with Gasteiger partial charge in [-0.2, -0.15) is 0 Å². The summed E-state index contributed by atoms with van der Waals surface area (Å²) in [7, 11) is 0. The van der Waals surface area contributed by atoms with E-state index in [2.05, 4.69) is 0 Å². The van der Waals surface area contributed by atoms with Gasteiger partial charge in [-0.1, -0.05) is 29.8 Å². The van der Waals surface area contributed by atoms with E-state index in [1.807, 2.05) is 19.1 Å². The van der Waals surface area contributed by atoms with E-state index in [0.29, 0.717) is 11.3 Å². The fourth-order valence-corrected chi connectivity index (χ4v) is 2.82. The van der Waals surface area contributed by atoms with Crippen molar-refractivity contribution in [1.82, 2.24) is 0 Å². The predicted octanol–water partition coefficient (Wildman–Crippen LogP) is 3.74. The molecule has 0 radical (unpaired) electrons. The van der Waals surface area contributed by atoms with Crippen LogP contribution in [0.3, 0.4) is 0 Å². The average molecular weight is 423 g/mol. The van der Waals surface area contributed by atoms with Gasteiger partial charge in [-0.05, 0) is 19.1 Å². The van der Waals surface area contributed by atoms with Gasteiger partial charge in [0.15, 0.2) is 0 Å². The van der Waals surface area contributed by atoms with Crippen molar-refractivity contribution in [1.29, 1.82) is 0 Å². The first-order valence-corrected chi connectivity index (χ1v) is 9.06. The molecule has 0 saturated heterocycles. The lowest BCUT2D eigenvalue weighted by molar-refractivity contribution is -0.385. The van der Waals surface area contributed by atoms with E-state index in [1.54, 1.807) is 12.1 Å². The number of carbonyl (C=O) groups is 3. The van der Waals surface area contributed by atoms with Gasteiger partial charge in [-0.3, -0.25) is 19.7 Å². The molecule has 2 aromatic rings. The third-order valence-corrected chi connectivity index (χ3v) is 4.17. The minimum Gasteiger partial charge on any atom is -0.426 e. The molecule has 0 unspecified atom stereocenters. The van der Waals surface area contributed by atoms with Crippen LogP contribution in [0.25, 0.3) is 11.8 Å². The minimum absolute atomic E-state index is 0.0613. The third kappa shape index (κ3) is 5.02. The SMILES string of the molecule is CC(=O)Oc1cc(OC(C)=O)c([N+](=O)[O-])cc1/C=C1\C=C(c2ccc(C)cc2)OC1=O. The normalized spacial score (nSPS) is 14.1. The van der Waals surface area contributed by atoms with E-state index >= 15 is 0 Å². The number of ether oxygens (including phenoxy) is 3. The monoisotopic (exact) mass is 423 g/mol. The Kier molecular flexibility index (Phi) is 5.96. The number of hydrogen-bond acceptors (Lipinski definition) is 8. The Morgan fingerprint density at radius 3 is 2.23 bits per heavy atom. The largest absolute Gasteiger partial charge is 0.426 e. The van der Waals surface area contributed by atoms with Gasteiger partial charge in [-0.25, -0.2) is 4.79 Å². The summed E-state index contributed by atoms with van der Waals surface area (Å²) in [6.07, 6.45) is 2.78.